The molecule has 3 fully saturated rings. The summed E-state index contributed by atoms with van der Waals surface area (Å²) in [5.74, 6) is -5.56. The van der Waals surface area contributed by atoms with E-state index in [1.807, 2.05) is 0 Å². The van der Waals surface area contributed by atoms with Gasteiger partial charge < -0.3 is 28.8 Å². The van der Waals surface area contributed by atoms with Crippen molar-refractivity contribution in [2.24, 2.45) is 0 Å². The van der Waals surface area contributed by atoms with Crippen LogP contribution >= 0.6 is 0 Å². The number of hydrogen-bond acceptors (Lipinski definition) is 7. The van der Waals surface area contributed by atoms with Crippen molar-refractivity contribution in [2.75, 3.05) is 0 Å². The van der Waals surface area contributed by atoms with Crippen LogP contribution in [0.2, 0.25) is 0 Å². The van der Waals surface area contributed by atoms with E-state index in [4.69, 9.17) is 31.5 Å². The maximum Gasteiger partial charge on any atom is 0.372 e. The molecule has 3 aliphatic heterocycles. The van der Waals surface area contributed by atoms with Crippen LogP contribution in [0, 0.1) is 0 Å². The summed E-state index contributed by atoms with van der Waals surface area (Å²) < 4.78 is 44.3. The van der Waals surface area contributed by atoms with Gasteiger partial charge >= 0.3 is 5.97 Å². The number of hydrogen-bond donors (Lipinski definition) is 1. The summed E-state index contributed by atoms with van der Waals surface area (Å²) in [5, 5.41) is 8.89. The molecule has 3 heterocycles. The van der Waals surface area contributed by atoms with Crippen LogP contribution in [0.25, 0.3) is 0 Å². The van der Waals surface area contributed by atoms with Crippen LogP contribution in [0.3, 0.4) is 0 Å². The van der Waals surface area contributed by atoms with Crippen LogP contribution < -0.4 is 0 Å². The third-order valence-electron chi connectivity index (χ3n) is 3.62. The third-order valence-corrected chi connectivity index (χ3v) is 3.62. The molecule has 0 amide bonds. The number of rotatable bonds is 3. The van der Waals surface area contributed by atoms with Gasteiger partial charge in [0, 0.05) is 9.11 Å². The third kappa shape index (κ3) is 2.77. The van der Waals surface area contributed by atoms with Crippen LogP contribution in [0.1, 0.15) is 36.8 Å². The first-order valence-corrected chi connectivity index (χ1v) is 6.98. The van der Waals surface area contributed by atoms with E-state index in [0.29, 0.717) is 0 Å². The zero-order valence-electron chi connectivity index (χ0n) is 14.7. The Balaban J connectivity index is 1.96. The second kappa shape index (κ2) is 4.97. The van der Waals surface area contributed by atoms with Gasteiger partial charge in [-0.25, -0.2) is 4.79 Å². The number of carboxylic acid groups (broad SMARTS) is 1. The molecule has 0 aromatic carbocycles. The molecule has 8 heteroatoms. The van der Waals surface area contributed by atoms with Crippen molar-refractivity contribution >= 4 is 11.8 Å². The van der Waals surface area contributed by atoms with Crippen LogP contribution in [0.5, 0.6) is 0 Å². The van der Waals surface area contributed by atoms with Crippen LogP contribution in [0.4, 0.5) is 0 Å². The molecule has 0 bridgehead atoms. The van der Waals surface area contributed by atoms with E-state index in [-0.39, 0.29) is 0 Å². The minimum absolute atomic E-state index is 0.682. The number of ether oxygens (including phenoxy) is 5. The van der Waals surface area contributed by atoms with Crippen molar-refractivity contribution in [1.29, 1.82) is 0 Å². The normalized spacial score (nSPS) is 43.7. The maximum atomic E-state index is 11.8. The summed E-state index contributed by atoms with van der Waals surface area (Å²) in [6.45, 7) is 6.59. The summed E-state index contributed by atoms with van der Waals surface area (Å²) in [5.41, 5.74) is 0. The molecule has 3 saturated heterocycles. The Labute approximate surface area is 130 Å². The SMILES string of the molecule is [2H]C([2H])(C(=O)C(=O)O)[C@H]1O[C@@H]2OC(C)(C)O[C@@H]2[C@H]2OC(C)(C)O[C@H]21. The number of aliphatic carboxylic acids is 1. The van der Waals surface area contributed by atoms with Crippen LogP contribution in [-0.4, -0.2) is 59.1 Å². The molecule has 3 rings (SSSR count). The predicted molar refractivity (Wildman–Crippen MR) is 69.8 cm³/mol. The van der Waals surface area contributed by atoms with Crippen molar-refractivity contribution < 1.29 is 41.1 Å². The average molecular weight is 318 g/mol. The Morgan fingerprint density at radius 3 is 2.18 bits per heavy atom. The van der Waals surface area contributed by atoms with Gasteiger partial charge in [-0.2, -0.15) is 0 Å². The highest BCUT2D eigenvalue weighted by Crippen LogP contribution is 2.44. The quantitative estimate of drug-likeness (QED) is 0.748. The lowest BCUT2D eigenvalue weighted by Gasteiger charge is -2.36. The predicted octanol–water partition coefficient (Wildman–Crippen LogP) is 0.427. The van der Waals surface area contributed by atoms with Crippen molar-refractivity contribution in [2.45, 2.75) is 76.3 Å². The van der Waals surface area contributed by atoms with Crippen LogP contribution in [0.15, 0.2) is 0 Å². The zero-order chi connectivity index (χ0) is 18.1. The van der Waals surface area contributed by atoms with Crippen LogP contribution in [-0.2, 0) is 33.3 Å². The standard InChI is InChI=1S/C14H20O8/c1-13(2)19-8-7(5-6(15)11(16)17)18-12-10(9(8)20-13)21-14(3,4)22-12/h7-10,12H,5H2,1-4H3,(H,16,17)/t7-,8+,9+,10-,12-/m1/s1/i5D2. The highest BCUT2D eigenvalue weighted by atomic mass is 16.9. The lowest BCUT2D eigenvalue weighted by Crippen LogP contribution is -2.55. The largest absolute Gasteiger partial charge is 0.475 e. The summed E-state index contributed by atoms with van der Waals surface area (Å²) in [6.07, 6.45) is -7.79. The van der Waals surface area contributed by atoms with E-state index in [9.17, 15) is 9.59 Å². The molecule has 22 heavy (non-hydrogen) atoms. The molecule has 0 aromatic rings. The van der Waals surface area contributed by atoms with Gasteiger partial charge in [0.25, 0.3) is 0 Å². The fourth-order valence-electron chi connectivity index (χ4n) is 2.92. The second-order valence-corrected chi connectivity index (χ2v) is 6.37. The van der Waals surface area contributed by atoms with E-state index in [0.717, 1.165) is 0 Å². The molecule has 0 spiro atoms. The fraction of sp³-hybridized carbons (Fsp3) is 0.857. The number of carbonyl (C=O) groups excluding carboxylic acids is 1. The van der Waals surface area contributed by atoms with Gasteiger partial charge in [-0.05, 0) is 27.7 Å². The summed E-state index contributed by atoms with van der Waals surface area (Å²) in [4.78, 5) is 22.8. The second-order valence-electron chi connectivity index (χ2n) is 6.37. The topological polar surface area (TPSA) is 101 Å². The molecule has 0 unspecified atom stereocenters. The van der Waals surface area contributed by atoms with Crippen molar-refractivity contribution in [3.63, 3.8) is 0 Å². The molecule has 0 aliphatic carbocycles. The zero-order valence-corrected chi connectivity index (χ0v) is 12.7. The summed E-state index contributed by atoms with van der Waals surface area (Å²) in [7, 11) is 0. The molecule has 5 atom stereocenters. The molecule has 124 valence electrons. The van der Waals surface area contributed by atoms with E-state index in [2.05, 4.69) is 0 Å². The Bertz CT molecular complexity index is 575. The van der Waals surface area contributed by atoms with E-state index >= 15 is 0 Å². The lowest BCUT2D eigenvalue weighted by atomic mass is 9.95. The van der Waals surface area contributed by atoms with Crippen molar-refractivity contribution in [3.05, 3.63) is 0 Å². The highest BCUT2D eigenvalue weighted by Gasteiger charge is 2.60. The summed E-state index contributed by atoms with van der Waals surface area (Å²) >= 11 is 0. The van der Waals surface area contributed by atoms with Gasteiger partial charge in [0.1, 0.15) is 18.3 Å². The minimum atomic E-state index is -2.82. The van der Waals surface area contributed by atoms with Gasteiger partial charge in [0.2, 0.25) is 5.78 Å². The van der Waals surface area contributed by atoms with E-state index < -0.39 is 60.4 Å². The van der Waals surface area contributed by atoms with Gasteiger partial charge in [-0.3, -0.25) is 4.79 Å². The van der Waals surface area contributed by atoms with Gasteiger partial charge in [-0.15, -0.1) is 0 Å². The van der Waals surface area contributed by atoms with Gasteiger partial charge in [-0.1, -0.05) is 0 Å². The Hall–Kier alpha value is -1.06. The molecular weight excluding hydrogens is 296 g/mol. The van der Waals surface area contributed by atoms with Gasteiger partial charge in [0.05, 0.1) is 6.10 Å². The first-order valence-electron chi connectivity index (χ1n) is 7.98. The number of fused-ring (bicyclic) bond motifs is 3. The van der Waals surface area contributed by atoms with Gasteiger partial charge in [0.15, 0.2) is 17.9 Å². The average Bonchev–Trinajstić information content (AvgIpc) is 2.90. The minimum Gasteiger partial charge on any atom is -0.475 e. The molecule has 1 N–H and O–H groups in total. The number of ketones is 1. The van der Waals surface area contributed by atoms with E-state index in [1.54, 1.807) is 27.7 Å². The number of carbonyl (C=O) groups is 2. The van der Waals surface area contributed by atoms with Crippen molar-refractivity contribution in [3.8, 4) is 0 Å². The lowest BCUT2D eigenvalue weighted by molar-refractivity contribution is -0.234. The Morgan fingerprint density at radius 1 is 1.00 bits per heavy atom. The maximum absolute atomic E-state index is 11.8. The first kappa shape index (κ1) is 13.4. The number of Topliss-reactive ketones (excluding diaryl/α,β-unsaturated/α-hetero) is 1. The highest BCUT2D eigenvalue weighted by molar-refractivity contribution is 6.32. The molecule has 0 aromatic heterocycles. The smallest absolute Gasteiger partial charge is 0.372 e. The molecule has 0 saturated carbocycles. The Morgan fingerprint density at radius 2 is 1.55 bits per heavy atom. The monoisotopic (exact) mass is 318 g/mol. The Kier molecular flexibility index (Phi) is 3.02. The molecular formula is C14H20O8. The summed E-state index contributed by atoms with van der Waals surface area (Å²) in [6, 6.07) is 0. The first-order chi connectivity index (χ1) is 10.8. The molecule has 8 nitrogen and oxygen atoms in total. The fourth-order valence-corrected chi connectivity index (χ4v) is 2.92. The van der Waals surface area contributed by atoms with E-state index in [1.165, 1.54) is 0 Å². The molecule has 0 radical (unpaired) electrons. The van der Waals surface area contributed by atoms with Crippen molar-refractivity contribution in [1.82, 2.24) is 0 Å². The molecule has 3 aliphatic rings. The number of carboxylic acids is 1.